The summed E-state index contributed by atoms with van der Waals surface area (Å²) in [6, 6.07) is 0.432. The van der Waals surface area contributed by atoms with E-state index in [0.29, 0.717) is 6.04 Å². The molecule has 1 N–H and O–H groups in total. The Bertz CT molecular complexity index is 336. The molecule has 0 saturated carbocycles. The molecule has 0 bridgehead atoms. The molecule has 0 aliphatic heterocycles. The summed E-state index contributed by atoms with van der Waals surface area (Å²) in [5, 5.41) is 7.49. The van der Waals surface area contributed by atoms with Gasteiger partial charge in [-0.2, -0.15) is 4.98 Å². The van der Waals surface area contributed by atoms with Crippen LogP contribution in [0.4, 0.5) is 0 Å². The lowest BCUT2D eigenvalue weighted by Gasteiger charge is -2.16. The minimum absolute atomic E-state index is 0.432. The van der Waals surface area contributed by atoms with Gasteiger partial charge in [0.05, 0.1) is 0 Å². The number of hydrogen-bond acceptors (Lipinski definition) is 5. The van der Waals surface area contributed by atoms with Gasteiger partial charge in [0.25, 0.3) is 0 Å². The molecule has 0 aliphatic carbocycles. The molecular formula is C14H28N4O. The van der Waals surface area contributed by atoms with Crippen LogP contribution in [0.5, 0.6) is 0 Å². The first-order valence-electron chi connectivity index (χ1n) is 7.50. The summed E-state index contributed by atoms with van der Waals surface area (Å²) < 4.78 is 5.32. The predicted molar refractivity (Wildman–Crippen MR) is 77.2 cm³/mol. The smallest absolute Gasteiger partial charge is 0.228 e. The van der Waals surface area contributed by atoms with E-state index in [2.05, 4.69) is 48.1 Å². The quantitative estimate of drug-likeness (QED) is 0.702. The fourth-order valence-electron chi connectivity index (χ4n) is 2.13. The Balaban J connectivity index is 2.43. The molecule has 0 aliphatic rings. The highest BCUT2D eigenvalue weighted by Gasteiger charge is 2.12. The van der Waals surface area contributed by atoms with Crippen molar-refractivity contribution in [2.45, 2.75) is 53.0 Å². The van der Waals surface area contributed by atoms with Crippen LogP contribution in [0, 0.1) is 0 Å². The van der Waals surface area contributed by atoms with Crippen LogP contribution in [0.1, 0.15) is 45.8 Å². The molecule has 0 amide bonds. The molecule has 0 aromatic carbocycles. The van der Waals surface area contributed by atoms with Crippen molar-refractivity contribution in [1.82, 2.24) is 20.4 Å². The number of nitrogens with zero attached hydrogens (tertiary/aromatic N) is 3. The highest BCUT2D eigenvalue weighted by atomic mass is 16.5. The van der Waals surface area contributed by atoms with Crippen LogP contribution in [0.25, 0.3) is 0 Å². The lowest BCUT2D eigenvalue weighted by Crippen LogP contribution is -2.30. The second-order valence-electron chi connectivity index (χ2n) is 4.75. The normalized spacial score (nSPS) is 13.1. The second kappa shape index (κ2) is 9.04. The first kappa shape index (κ1) is 16.1. The van der Waals surface area contributed by atoms with E-state index in [-0.39, 0.29) is 0 Å². The molecule has 1 unspecified atom stereocenters. The van der Waals surface area contributed by atoms with E-state index in [9.17, 15) is 0 Å². The van der Waals surface area contributed by atoms with Crippen LogP contribution in [0.3, 0.4) is 0 Å². The summed E-state index contributed by atoms with van der Waals surface area (Å²) in [6.45, 7) is 12.7. The van der Waals surface area contributed by atoms with Crippen LogP contribution in [-0.4, -0.2) is 47.3 Å². The maximum Gasteiger partial charge on any atom is 0.228 e. The zero-order valence-electron chi connectivity index (χ0n) is 12.8. The van der Waals surface area contributed by atoms with E-state index in [1.165, 1.54) is 0 Å². The van der Waals surface area contributed by atoms with Gasteiger partial charge in [-0.25, -0.2) is 0 Å². The van der Waals surface area contributed by atoms with Crippen molar-refractivity contribution in [3.05, 3.63) is 11.7 Å². The Morgan fingerprint density at radius 3 is 2.53 bits per heavy atom. The third-order valence-electron chi connectivity index (χ3n) is 3.46. The molecule has 1 atom stereocenters. The Hall–Kier alpha value is -0.940. The molecule has 1 aromatic heterocycles. The molecule has 1 heterocycles. The topological polar surface area (TPSA) is 54.2 Å². The van der Waals surface area contributed by atoms with E-state index < -0.39 is 0 Å². The van der Waals surface area contributed by atoms with Crippen molar-refractivity contribution < 1.29 is 4.52 Å². The Kier molecular flexibility index (Phi) is 7.67. The van der Waals surface area contributed by atoms with E-state index in [0.717, 1.165) is 57.2 Å². The second-order valence-corrected chi connectivity index (χ2v) is 4.75. The molecule has 0 spiro atoms. The van der Waals surface area contributed by atoms with Gasteiger partial charge < -0.3 is 14.7 Å². The van der Waals surface area contributed by atoms with Gasteiger partial charge in [-0.15, -0.1) is 0 Å². The molecule has 0 saturated heterocycles. The standard InChI is InChI=1S/C14H28N4O/c1-5-12(15-6-2)11-14-16-13(17-19-14)9-10-18(7-3)8-4/h12,15H,5-11H2,1-4H3. The van der Waals surface area contributed by atoms with Crippen molar-refractivity contribution in [2.75, 3.05) is 26.2 Å². The lowest BCUT2D eigenvalue weighted by atomic mass is 10.1. The van der Waals surface area contributed by atoms with Gasteiger partial charge in [-0.3, -0.25) is 0 Å². The Morgan fingerprint density at radius 1 is 1.21 bits per heavy atom. The number of hydrogen-bond donors (Lipinski definition) is 1. The molecule has 1 rings (SSSR count). The zero-order chi connectivity index (χ0) is 14.1. The lowest BCUT2D eigenvalue weighted by molar-refractivity contribution is 0.302. The summed E-state index contributed by atoms with van der Waals surface area (Å²) >= 11 is 0. The summed E-state index contributed by atoms with van der Waals surface area (Å²) in [7, 11) is 0. The average molecular weight is 268 g/mol. The molecular weight excluding hydrogens is 240 g/mol. The number of nitrogens with one attached hydrogen (secondary N) is 1. The first-order chi connectivity index (χ1) is 9.23. The summed E-state index contributed by atoms with van der Waals surface area (Å²) in [6.07, 6.45) is 2.76. The van der Waals surface area contributed by atoms with Gasteiger partial charge in [0.1, 0.15) is 0 Å². The number of rotatable bonds is 10. The zero-order valence-corrected chi connectivity index (χ0v) is 12.8. The molecule has 19 heavy (non-hydrogen) atoms. The van der Waals surface area contributed by atoms with E-state index in [1.54, 1.807) is 0 Å². The highest BCUT2D eigenvalue weighted by Crippen LogP contribution is 2.05. The van der Waals surface area contributed by atoms with Crippen LogP contribution in [0.2, 0.25) is 0 Å². The van der Waals surface area contributed by atoms with Gasteiger partial charge in [-0.05, 0) is 26.1 Å². The molecule has 5 heteroatoms. The fraction of sp³-hybridized carbons (Fsp3) is 0.857. The van der Waals surface area contributed by atoms with E-state index in [1.807, 2.05) is 0 Å². The monoisotopic (exact) mass is 268 g/mol. The van der Waals surface area contributed by atoms with Crippen LogP contribution < -0.4 is 5.32 Å². The van der Waals surface area contributed by atoms with Gasteiger partial charge in [0, 0.05) is 25.4 Å². The fourth-order valence-corrected chi connectivity index (χ4v) is 2.13. The van der Waals surface area contributed by atoms with Crippen molar-refractivity contribution in [3.8, 4) is 0 Å². The van der Waals surface area contributed by atoms with Crippen LogP contribution in [0.15, 0.2) is 4.52 Å². The van der Waals surface area contributed by atoms with Gasteiger partial charge in [0.2, 0.25) is 5.89 Å². The molecule has 5 nitrogen and oxygen atoms in total. The van der Waals surface area contributed by atoms with E-state index in [4.69, 9.17) is 4.52 Å². The van der Waals surface area contributed by atoms with Crippen molar-refractivity contribution in [3.63, 3.8) is 0 Å². The minimum Gasteiger partial charge on any atom is -0.339 e. The van der Waals surface area contributed by atoms with Crippen LogP contribution in [-0.2, 0) is 12.8 Å². The third-order valence-corrected chi connectivity index (χ3v) is 3.46. The molecule has 0 radical (unpaired) electrons. The van der Waals surface area contributed by atoms with Gasteiger partial charge in [0.15, 0.2) is 5.82 Å². The Morgan fingerprint density at radius 2 is 1.95 bits per heavy atom. The van der Waals surface area contributed by atoms with E-state index >= 15 is 0 Å². The van der Waals surface area contributed by atoms with Crippen molar-refractivity contribution in [2.24, 2.45) is 0 Å². The SMILES string of the molecule is CCNC(CC)Cc1nc(CCN(CC)CC)no1. The van der Waals surface area contributed by atoms with Crippen molar-refractivity contribution in [1.29, 1.82) is 0 Å². The summed E-state index contributed by atoms with van der Waals surface area (Å²) in [5.74, 6) is 1.58. The maximum absolute atomic E-state index is 5.32. The molecule has 0 fully saturated rings. The largest absolute Gasteiger partial charge is 0.339 e. The van der Waals surface area contributed by atoms with Gasteiger partial charge in [-0.1, -0.05) is 32.9 Å². The van der Waals surface area contributed by atoms with Gasteiger partial charge >= 0.3 is 0 Å². The predicted octanol–water partition coefficient (Wildman–Crippen LogP) is 1.88. The number of aromatic nitrogens is 2. The first-order valence-corrected chi connectivity index (χ1v) is 7.50. The molecule has 1 aromatic rings. The summed E-state index contributed by atoms with van der Waals surface area (Å²) in [5.41, 5.74) is 0. The van der Waals surface area contributed by atoms with Crippen LogP contribution >= 0.6 is 0 Å². The number of likely N-dealkylation sites (N-methyl/N-ethyl adjacent to an activating group) is 2. The minimum atomic E-state index is 0.432. The highest BCUT2D eigenvalue weighted by molar-refractivity contribution is 4.90. The third kappa shape index (κ3) is 5.70. The average Bonchev–Trinajstić information content (AvgIpc) is 2.87. The maximum atomic E-state index is 5.32. The molecule has 110 valence electrons. The van der Waals surface area contributed by atoms with Crippen molar-refractivity contribution >= 4 is 0 Å². The summed E-state index contributed by atoms with van der Waals surface area (Å²) in [4.78, 5) is 6.84. The Labute approximate surface area is 116 Å².